The lowest BCUT2D eigenvalue weighted by atomic mass is 10.1. The molecule has 1 aliphatic rings. The summed E-state index contributed by atoms with van der Waals surface area (Å²) in [5.74, 6) is -0.696. The molecule has 0 radical (unpaired) electrons. The van der Waals surface area contributed by atoms with Crippen molar-refractivity contribution in [2.24, 2.45) is 0 Å². The molecule has 4 rings (SSSR count). The summed E-state index contributed by atoms with van der Waals surface area (Å²) < 4.78 is 27.9. The quantitative estimate of drug-likeness (QED) is 0.490. The lowest BCUT2D eigenvalue weighted by Crippen LogP contribution is -2.36. The number of rotatable bonds is 6. The molecule has 2 heterocycles. The zero-order chi connectivity index (χ0) is 23.4. The number of benzene rings is 2. The summed E-state index contributed by atoms with van der Waals surface area (Å²) in [5, 5.41) is 10.5. The molecule has 1 aromatic heterocycles. The van der Waals surface area contributed by atoms with E-state index >= 15 is 0 Å². The van der Waals surface area contributed by atoms with Crippen LogP contribution in [0.2, 0.25) is 5.02 Å². The molecule has 1 fully saturated rings. The van der Waals surface area contributed by atoms with Crippen LogP contribution in [0.1, 0.15) is 40.0 Å². The largest absolute Gasteiger partial charge is 0.339 e. The van der Waals surface area contributed by atoms with Gasteiger partial charge in [-0.25, -0.2) is 0 Å². The molecule has 0 spiro atoms. The second kappa shape index (κ2) is 9.86. The van der Waals surface area contributed by atoms with Crippen molar-refractivity contribution in [1.82, 2.24) is 15.1 Å². The first-order valence-electron chi connectivity index (χ1n) is 10.1. The van der Waals surface area contributed by atoms with E-state index in [0.29, 0.717) is 35.0 Å². The van der Waals surface area contributed by atoms with Crippen LogP contribution in [0.4, 0.5) is 10.8 Å². The number of carbonyl (C=O) groups is 2. The highest BCUT2D eigenvalue weighted by Gasteiger charge is 2.26. The van der Waals surface area contributed by atoms with Crippen molar-refractivity contribution < 1.29 is 18.0 Å². The fourth-order valence-electron chi connectivity index (χ4n) is 3.35. The van der Waals surface area contributed by atoms with Crippen molar-refractivity contribution in [1.29, 1.82) is 0 Å². The van der Waals surface area contributed by atoms with Gasteiger partial charge in [0.15, 0.2) is 0 Å². The van der Waals surface area contributed by atoms with Crippen molar-refractivity contribution in [2.45, 2.75) is 23.6 Å². The fourth-order valence-corrected chi connectivity index (χ4v) is 5.46. The summed E-state index contributed by atoms with van der Waals surface area (Å²) in [5.41, 5.74) is 0.765. The SMILES string of the molecule is O=C(Nc1nnc(S(=O)(=O)Nc2ccccc2C(=O)N2CCCCC2)s1)c1ccc(Cl)cc1. The number of halogens is 1. The van der Waals surface area contributed by atoms with Gasteiger partial charge in [-0.2, -0.15) is 8.42 Å². The maximum Gasteiger partial charge on any atom is 0.291 e. The molecule has 172 valence electrons. The first kappa shape index (κ1) is 23.1. The summed E-state index contributed by atoms with van der Waals surface area (Å²) in [4.78, 5) is 27.0. The number of aromatic nitrogens is 2. The Hall–Kier alpha value is -3.02. The van der Waals surface area contributed by atoms with E-state index in [-0.39, 0.29) is 26.6 Å². The predicted molar refractivity (Wildman–Crippen MR) is 126 cm³/mol. The molecule has 0 unspecified atom stereocenters. The van der Waals surface area contributed by atoms with Crippen LogP contribution in [0.25, 0.3) is 0 Å². The van der Waals surface area contributed by atoms with Crippen LogP contribution in [0, 0.1) is 0 Å². The number of nitrogens with zero attached hydrogens (tertiary/aromatic N) is 3. The van der Waals surface area contributed by atoms with Gasteiger partial charge in [-0.05, 0) is 55.7 Å². The summed E-state index contributed by atoms with van der Waals surface area (Å²) in [6.07, 6.45) is 2.93. The number of hydrogen-bond acceptors (Lipinski definition) is 7. The van der Waals surface area contributed by atoms with Crippen molar-refractivity contribution in [3.8, 4) is 0 Å². The van der Waals surface area contributed by atoms with E-state index < -0.39 is 15.9 Å². The topological polar surface area (TPSA) is 121 Å². The normalized spacial score (nSPS) is 14.0. The third kappa shape index (κ3) is 5.49. The van der Waals surface area contributed by atoms with Gasteiger partial charge in [0.2, 0.25) is 5.13 Å². The first-order valence-corrected chi connectivity index (χ1v) is 12.8. The average molecular weight is 506 g/mol. The number of sulfonamides is 1. The zero-order valence-electron chi connectivity index (χ0n) is 17.3. The number of piperidine rings is 1. The maximum absolute atomic E-state index is 12.9. The smallest absolute Gasteiger partial charge is 0.291 e. The second-order valence-corrected chi connectivity index (χ2v) is 10.6. The van der Waals surface area contributed by atoms with Gasteiger partial charge in [0.05, 0.1) is 11.3 Å². The molecule has 9 nitrogen and oxygen atoms in total. The standard InChI is InChI=1S/C21H20ClN5O4S2/c22-15-10-8-14(9-11-15)18(28)23-20-24-25-21(32-20)33(30,31)26-17-7-3-2-6-16(17)19(29)27-12-4-1-5-13-27/h2-3,6-11,26H,1,4-5,12-13H2,(H,23,24,28). The van der Waals surface area contributed by atoms with Crippen LogP contribution in [0.15, 0.2) is 52.9 Å². The molecule has 33 heavy (non-hydrogen) atoms. The number of para-hydroxylation sites is 1. The van der Waals surface area contributed by atoms with Crippen LogP contribution < -0.4 is 10.0 Å². The highest BCUT2D eigenvalue weighted by molar-refractivity contribution is 7.94. The maximum atomic E-state index is 12.9. The van der Waals surface area contributed by atoms with E-state index in [2.05, 4.69) is 20.2 Å². The van der Waals surface area contributed by atoms with Gasteiger partial charge in [0.1, 0.15) is 0 Å². The Balaban J connectivity index is 1.50. The molecule has 0 saturated carbocycles. The van der Waals surface area contributed by atoms with E-state index in [0.717, 1.165) is 19.3 Å². The second-order valence-electron chi connectivity index (χ2n) is 7.34. The molecule has 0 bridgehead atoms. The van der Waals surface area contributed by atoms with Crippen molar-refractivity contribution in [3.05, 3.63) is 64.7 Å². The van der Waals surface area contributed by atoms with Crippen molar-refractivity contribution in [2.75, 3.05) is 23.1 Å². The third-order valence-electron chi connectivity index (χ3n) is 5.01. The van der Waals surface area contributed by atoms with E-state index in [1.807, 2.05) is 0 Å². The van der Waals surface area contributed by atoms with Gasteiger partial charge in [0, 0.05) is 23.7 Å². The lowest BCUT2D eigenvalue weighted by Gasteiger charge is -2.27. The number of hydrogen-bond donors (Lipinski definition) is 2. The molecule has 0 aliphatic carbocycles. The van der Waals surface area contributed by atoms with Crippen LogP contribution in [-0.2, 0) is 10.0 Å². The molecule has 2 N–H and O–H groups in total. The van der Waals surface area contributed by atoms with E-state index in [4.69, 9.17) is 11.6 Å². The Morgan fingerprint density at radius 3 is 2.39 bits per heavy atom. The van der Waals surface area contributed by atoms with Crippen LogP contribution in [0.5, 0.6) is 0 Å². The summed E-state index contributed by atoms with van der Waals surface area (Å²) in [6.45, 7) is 1.29. The highest BCUT2D eigenvalue weighted by Crippen LogP contribution is 2.26. The highest BCUT2D eigenvalue weighted by atomic mass is 35.5. The van der Waals surface area contributed by atoms with Gasteiger partial charge >= 0.3 is 0 Å². The predicted octanol–water partition coefficient (Wildman–Crippen LogP) is 3.87. The number of likely N-dealkylation sites (tertiary alicyclic amines) is 1. The molecular weight excluding hydrogens is 486 g/mol. The van der Waals surface area contributed by atoms with E-state index in [1.54, 1.807) is 35.2 Å². The molecule has 1 saturated heterocycles. The van der Waals surface area contributed by atoms with Crippen molar-refractivity contribution in [3.63, 3.8) is 0 Å². The van der Waals surface area contributed by atoms with Crippen molar-refractivity contribution >= 4 is 55.6 Å². The number of carbonyl (C=O) groups excluding carboxylic acids is 2. The number of anilines is 2. The van der Waals surface area contributed by atoms with Crippen LogP contribution in [0.3, 0.4) is 0 Å². The monoisotopic (exact) mass is 505 g/mol. The van der Waals surface area contributed by atoms with E-state index in [9.17, 15) is 18.0 Å². The summed E-state index contributed by atoms with van der Waals surface area (Å²) in [7, 11) is -4.13. The molecule has 12 heteroatoms. The molecule has 0 atom stereocenters. The molecule has 2 aromatic carbocycles. The number of nitrogens with one attached hydrogen (secondary N) is 2. The minimum absolute atomic E-state index is 0.0213. The molecular formula is C21H20ClN5O4S2. The van der Waals surface area contributed by atoms with Gasteiger partial charge in [-0.3, -0.25) is 19.6 Å². The first-order chi connectivity index (χ1) is 15.8. The Morgan fingerprint density at radius 2 is 1.67 bits per heavy atom. The van der Waals surface area contributed by atoms with E-state index in [1.165, 1.54) is 18.2 Å². The Kier molecular flexibility index (Phi) is 6.91. The lowest BCUT2D eigenvalue weighted by molar-refractivity contribution is 0.0725. The van der Waals surface area contributed by atoms with Gasteiger partial charge < -0.3 is 4.90 Å². The van der Waals surface area contributed by atoms with Crippen LogP contribution in [-0.4, -0.2) is 48.4 Å². The summed E-state index contributed by atoms with van der Waals surface area (Å²) in [6, 6.07) is 12.7. The molecule has 3 aromatic rings. The van der Waals surface area contributed by atoms with Gasteiger partial charge in [-0.1, -0.05) is 35.1 Å². The third-order valence-corrected chi connectivity index (χ3v) is 7.83. The van der Waals surface area contributed by atoms with Gasteiger partial charge in [-0.15, -0.1) is 10.2 Å². The molecule has 1 aliphatic heterocycles. The zero-order valence-corrected chi connectivity index (χ0v) is 19.7. The fraction of sp³-hybridized carbons (Fsp3) is 0.238. The number of amides is 2. The van der Waals surface area contributed by atoms with Crippen LogP contribution >= 0.6 is 22.9 Å². The minimum Gasteiger partial charge on any atom is -0.339 e. The Morgan fingerprint density at radius 1 is 0.970 bits per heavy atom. The average Bonchev–Trinajstić information content (AvgIpc) is 3.29. The molecule has 2 amide bonds. The minimum atomic E-state index is -4.13. The Labute approximate surface area is 199 Å². The van der Waals surface area contributed by atoms with Gasteiger partial charge in [0.25, 0.3) is 26.2 Å². The summed E-state index contributed by atoms with van der Waals surface area (Å²) >= 11 is 6.52. The Bertz CT molecular complexity index is 1270.